The van der Waals surface area contributed by atoms with Gasteiger partial charge in [0.15, 0.2) is 0 Å². The zero-order valence-corrected chi connectivity index (χ0v) is 6.90. The van der Waals surface area contributed by atoms with Crippen LogP contribution in [-0.2, 0) is 34.1 Å². The standard InChI is InChI=1S/Cu.Fe.La.H4Si/h;;;1H4. The summed E-state index contributed by atoms with van der Waals surface area (Å²) in [5, 5.41) is 0. The zero-order chi connectivity index (χ0) is 0. The summed E-state index contributed by atoms with van der Waals surface area (Å²) < 4.78 is 0. The Balaban J connectivity index is 0. The van der Waals surface area contributed by atoms with Crippen LogP contribution in [0.25, 0.3) is 0 Å². The minimum absolute atomic E-state index is 0. The molecule has 0 unspecified atom stereocenters. The fourth-order valence-electron chi connectivity index (χ4n) is 0. The topological polar surface area (TPSA) is 0 Å². The SMILES string of the molecule is [Cu].[Fe].[La].[SiH4]. The molecular formula is H4CuFeLaSi. The van der Waals surface area contributed by atoms with E-state index in [-0.39, 0.29) is 80.7 Å². The smallest absolute Gasteiger partial charge is 0 e. The van der Waals surface area contributed by atoms with Crippen molar-refractivity contribution in [1.29, 1.82) is 0 Å². The van der Waals surface area contributed by atoms with Crippen molar-refractivity contribution in [2.45, 2.75) is 0 Å². The third kappa shape index (κ3) is 8.82. The molecule has 0 bridgehead atoms. The first kappa shape index (κ1) is 31.9. The second-order valence-corrected chi connectivity index (χ2v) is 0. The minimum atomic E-state index is 0. The molecule has 2 radical (unpaired) electrons. The Kier molecular flexibility index (Phi) is 143. The van der Waals surface area contributed by atoms with E-state index in [1.807, 2.05) is 0 Å². The maximum atomic E-state index is 0. The first-order valence-corrected chi connectivity index (χ1v) is 0. The van der Waals surface area contributed by atoms with E-state index in [2.05, 4.69) is 0 Å². The average molecular weight is 290 g/mol. The van der Waals surface area contributed by atoms with Crippen molar-refractivity contribution in [2.24, 2.45) is 0 Å². The van der Waals surface area contributed by atoms with Crippen LogP contribution in [-0.4, -0.2) is 11.0 Å². The molecular weight excluding hydrogens is 286 g/mol. The van der Waals surface area contributed by atoms with Gasteiger partial charge in [0.2, 0.25) is 0 Å². The molecule has 0 aliphatic heterocycles. The van der Waals surface area contributed by atoms with Crippen LogP contribution in [0.1, 0.15) is 0 Å². The molecule has 0 aromatic carbocycles. The van der Waals surface area contributed by atoms with E-state index in [9.17, 15) is 0 Å². The molecule has 0 rings (SSSR count). The molecule has 0 saturated carbocycles. The Bertz CT molecular complexity index is 8.00. The summed E-state index contributed by atoms with van der Waals surface area (Å²) >= 11 is 0. The monoisotopic (exact) mass is 290 g/mol. The Labute approximate surface area is 79.4 Å². The van der Waals surface area contributed by atoms with Gasteiger partial charge in [-0.15, -0.1) is 0 Å². The molecule has 0 spiro atoms. The molecule has 0 amide bonds. The average Bonchev–Trinajstić information content (AvgIpc) is 0. The molecule has 0 atom stereocenters. The van der Waals surface area contributed by atoms with Gasteiger partial charge in [-0.3, -0.25) is 0 Å². The van der Waals surface area contributed by atoms with Crippen LogP contribution in [0, 0.1) is 35.6 Å². The first-order chi connectivity index (χ1) is 0. The van der Waals surface area contributed by atoms with Crippen molar-refractivity contribution in [3.8, 4) is 0 Å². The molecule has 0 aromatic heterocycles. The van der Waals surface area contributed by atoms with Crippen LogP contribution in [0.2, 0.25) is 0 Å². The molecule has 0 saturated heterocycles. The predicted octanol–water partition coefficient (Wildman–Crippen LogP) is -1.46. The summed E-state index contributed by atoms with van der Waals surface area (Å²) in [5.74, 6) is 0. The van der Waals surface area contributed by atoms with Gasteiger partial charge in [-0.25, -0.2) is 0 Å². The van der Waals surface area contributed by atoms with Crippen LogP contribution < -0.4 is 0 Å². The molecule has 0 nitrogen and oxygen atoms in total. The van der Waals surface area contributed by atoms with Gasteiger partial charge in [0, 0.05) is 69.7 Å². The number of hydrogen-bond acceptors (Lipinski definition) is 0. The van der Waals surface area contributed by atoms with E-state index in [0.717, 1.165) is 0 Å². The predicted molar refractivity (Wildman–Crippen MR) is 11.3 cm³/mol. The van der Waals surface area contributed by atoms with Crippen molar-refractivity contribution in [2.75, 3.05) is 0 Å². The van der Waals surface area contributed by atoms with Gasteiger partial charge in [0.05, 0.1) is 0 Å². The molecule has 30 valence electrons. The van der Waals surface area contributed by atoms with Crippen LogP contribution in [0.3, 0.4) is 0 Å². The summed E-state index contributed by atoms with van der Waals surface area (Å²) in [7, 11) is 0. The minimum Gasteiger partial charge on any atom is -0.0149 e. The van der Waals surface area contributed by atoms with Crippen LogP contribution in [0.4, 0.5) is 0 Å². The van der Waals surface area contributed by atoms with E-state index in [0.29, 0.717) is 0 Å². The van der Waals surface area contributed by atoms with Gasteiger partial charge in [-0.2, -0.15) is 0 Å². The molecule has 0 aliphatic carbocycles. The van der Waals surface area contributed by atoms with Crippen LogP contribution in [0.5, 0.6) is 0 Å². The largest absolute Gasteiger partial charge is 0.0149 e. The molecule has 0 heterocycles. The summed E-state index contributed by atoms with van der Waals surface area (Å²) in [6.07, 6.45) is 0. The van der Waals surface area contributed by atoms with E-state index >= 15 is 0 Å². The van der Waals surface area contributed by atoms with E-state index in [1.165, 1.54) is 0 Å². The van der Waals surface area contributed by atoms with Crippen molar-refractivity contribution >= 4 is 11.0 Å². The van der Waals surface area contributed by atoms with Gasteiger partial charge in [0.25, 0.3) is 0 Å². The van der Waals surface area contributed by atoms with Gasteiger partial charge in [-0.05, 0) is 11.0 Å². The van der Waals surface area contributed by atoms with Gasteiger partial charge < -0.3 is 0 Å². The number of rotatable bonds is 0. The quantitative estimate of drug-likeness (QED) is 0.479. The van der Waals surface area contributed by atoms with Crippen molar-refractivity contribution in [1.82, 2.24) is 0 Å². The Morgan fingerprint density at radius 1 is 1.00 bits per heavy atom. The Hall–Kier alpha value is 2.45. The number of hydrogen-bond donors (Lipinski definition) is 0. The van der Waals surface area contributed by atoms with Crippen LogP contribution in [0.15, 0.2) is 0 Å². The van der Waals surface area contributed by atoms with E-state index in [4.69, 9.17) is 0 Å². The third-order valence-electron chi connectivity index (χ3n) is 0. The molecule has 4 heteroatoms. The normalized spacial score (nSPS) is 0. The molecule has 0 aromatic rings. The fourth-order valence-corrected chi connectivity index (χ4v) is 0. The summed E-state index contributed by atoms with van der Waals surface area (Å²) in [4.78, 5) is 0. The maximum Gasteiger partial charge on any atom is 0 e. The van der Waals surface area contributed by atoms with Crippen LogP contribution >= 0.6 is 0 Å². The summed E-state index contributed by atoms with van der Waals surface area (Å²) in [6.45, 7) is 0. The summed E-state index contributed by atoms with van der Waals surface area (Å²) in [5.41, 5.74) is 0. The van der Waals surface area contributed by atoms with Gasteiger partial charge in [0.1, 0.15) is 0 Å². The third-order valence-corrected chi connectivity index (χ3v) is 0. The van der Waals surface area contributed by atoms with E-state index in [1.54, 1.807) is 0 Å². The molecule has 0 fully saturated rings. The van der Waals surface area contributed by atoms with Crippen molar-refractivity contribution in [3.05, 3.63) is 0 Å². The van der Waals surface area contributed by atoms with Gasteiger partial charge >= 0.3 is 0 Å². The van der Waals surface area contributed by atoms with E-state index < -0.39 is 0 Å². The second kappa shape index (κ2) is 18.0. The van der Waals surface area contributed by atoms with Gasteiger partial charge in [-0.1, -0.05) is 0 Å². The Morgan fingerprint density at radius 3 is 1.00 bits per heavy atom. The summed E-state index contributed by atoms with van der Waals surface area (Å²) in [6, 6.07) is 0. The van der Waals surface area contributed by atoms with Crippen molar-refractivity contribution in [3.63, 3.8) is 0 Å². The molecule has 0 aliphatic rings. The first-order valence-electron chi connectivity index (χ1n) is 0. The van der Waals surface area contributed by atoms with Crippen molar-refractivity contribution < 1.29 is 69.7 Å². The maximum absolute atomic E-state index is 0. The Morgan fingerprint density at radius 2 is 1.00 bits per heavy atom. The second-order valence-electron chi connectivity index (χ2n) is 0. The molecule has 4 heavy (non-hydrogen) atoms. The zero-order valence-electron chi connectivity index (χ0n) is 1.23. The molecule has 0 N–H and O–H groups in total. The fraction of sp³-hybridized carbons (Fsp3) is 0.